The van der Waals surface area contributed by atoms with Crippen LogP contribution >= 0.6 is 11.6 Å². The zero-order chi connectivity index (χ0) is 13.1. The number of halogens is 1. The minimum absolute atomic E-state index is 0.150. The molecule has 0 bridgehead atoms. The summed E-state index contributed by atoms with van der Waals surface area (Å²) < 4.78 is 5.47. The van der Waals surface area contributed by atoms with E-state index in [1.54, 1.807) is 4.90 Å². The summed E-state index contributed by atoms with van der Waals surface area (Å²) >= 11 is 5.85. The van der Waals surface area contributed by atoms with Gasteiger partial charge < -0.3 is 9.32 Å². The van der Waals surface area contributed by atoms with E-state index < -0.39 is 0 Å². The first-order valence-electron chi connectivity index (χ1n) is 5.34. The largest absolute Gasteiger partial charge is 0.464 e. The van der Waals surface area contributed by atoms with Crippen LogP contribution in [0.5, 0.6) is 0 Å². The van der Waals surface area contributed by atoms with Crippen molar-refractivity contribution in [2.24, 2.45) is 0 Å². The molecule has 6 heteroatoms. The molecule has 0 aliphatic carbocycles. The normalized spacial score (nSPS) is 10.4. The van der Waals surface area contributed by atoms with Gasteiger partial charge in [0.05, 0.1) is 12.1 Å². The summed E-state index contributed by atoms with van der Waals surface area (Å²) in [7, 11) is 1.81. The number of rotatable bonds is 4. The van der Waals surface area contributed by atoms with Crippen LogP contribution in [-0.2, 0) is 6.54 Å². The van der Waals surface area contributed by atoms with Crippen molar-refractivity contribution >= 4 is 23.7 Å². The summed E-state index contributed by atoms with van der Waals surface area (Å²) in [4.78, 5) is 20.6. The maximum Gasteiger partial charge on any atom is 0.156 e. The molecule has 0 fully saturated rings. The molecule has 2 aromatic rings. The van der Waals surface area contributed by atoms with Crippen molar-refractivity contribution in [3.05, 3.63) is 40.7 Å². The fourth-order valence-corrected chi connectivity index (χ4v) is 1.82. The number of aldehydes is 1. The van der Waals surface area contributed by atoms with E-state index in [0.29, 0.717) is 18.6 Å². The van der Waals surface area contributed by atoms with Gasteiger partial charge in [-0.2, -0.15) is 0 Å². The Morgan fingerprint density at radius 2 is 2.22 bits per heavy atom. The van der Waals surface area contributed by atoms with Crippen LogP contribution in [0, 0.1) is 6.92 Å². The smallest absolute Gasteiger partial charge is 0.156 e. The number of furan rings is 1. The van der Waals surface area contributed by atoms with Gasteiger partial charge in [-0.15, -0.1) is 0 Å². The lowest BCUT2D eigenvalue weighted by atomic mass is 10.3. The zero-order valence-electron chi connectivity index (χ0n) is 10.1. The van der Waals surface area contributed by atoms with Crippen molar-refractivity contribution in [3.63, 3.8) is 0 Å². The van der Waals surface area contributed by atoms with Crippen molar-refractivity contribution in [3.8, 4) is 0 Å². The second-order valence-electron chi connectivity index (χ2n) is 3.89. The van der Waals surface area contributed by atoms with Crippen LogP contribution in [-0.4, -0.2) is 23.3 Å². The molecular formula is C12H12ClN3O2. The Morgan fingerprint density at radius 1 is 1.44 bits per heavy atom. The lowest BCUT2D eigenvalue weighted by molar-refractivity contribution is 0.112. The lowest BCUT2D eigenvalue weighted by Crippen LogP contribution is -2.19. The topological polar surface area (TPSA) is 59.2 Å². The van der Waals surface area contributed by atoms with E-state index in [1.165, 1.54) is 6.33 Å². The van der Waals surface area contributed by atoms with Gasteiger partial charge in [-0.3, -0.25) is 4.79 Å². The van der Waals surface area contributed by atoms with Crippen LogP contribution in [0.2, 0.25) is 5.15 Å². The van der Waals surface area contributed by atoms with E-state index in [-0.39, 0.29) is 10.7 Å². The first kappa shape index (κ1) is 12.6. The van der Waals surface area contributed by atoms with Gasteiger partial charge in [0.15, 0.2) is 6.29 Å². The number of carbonyl (C=O) groups excluding carboxylic acids is 1. The average molecular weight is 266 g/mol. The Hall–Kier alpha value is -1.88. The molecule has 18 heavy (non-hydrogen) atoms. The molecule has 94 valence electrons. The highest BCUT2D eigenvalue weighted by molar-refractivity contribution is 6.32. The maximum atomic E-state index is 11.0. The van der Waals surface area contributed by atoms with Gasteiger partial charge in [0.25, 0.3) is 0 Å². The Kier molecular flexibility index (Phi) is 3.62. The summed E-state index contributed by atoms with van der Waals surface area (Å²) in [6, 6.07) is 3.77. The van der Waals surface area contributed by atoms with Gasteiger partial charge in [-0.25, -0.2) is 9.97 Å². The molecule has 0 saturated carbocycles. The number of hydrogen-bond donors (Lipinski definition) is 0. The first-order valence-corrected chi connectivity index (χ1v) is 5.71. The molecular weight excluding hydrogens is 254 g/mol. The van der Waals surface area contributed by atoms with Crippen LogP contribution in [0.1, 0.15) is 21.9 Å². The molecule has 2 aromatic heterocycles. The SMILES string of the molecule is Cc1ccc(CN(C)c2ncnc(Cl)c2C=O)o1. The van der Waals surface area contributed by atoms with E-state index in [1.807, 2.05) is 26.1 Å². The molecule has 0 aliphatic heterocycles. The van der Waals surface area contributed by atoms with E-state index in [9.17, 15) is 4.79 Å². The molecule has 0 aliphatic rings. The molecule has 2 heterocycles. The Labute approximate surface area is 109 Å². The van der Waals surface area contributed by atoms with Crippen molar-refractivity contribution in [2.75, 3.05) is 11.9 Å². The minimum Gasteiger partial charge on any atom is -0.464 e. The van der Waals surface area contributed by atoms with Crippen LogP contribution in [0.15, 0.2) is 22.9 Å². The van der Waals surface area contributed by atoms with Crippen LogP contribution in [0.4, 0.5) is 5.82 Å². The summed E-state index contributed by atoms with van der Waals surface area (Å²) in [6.07, 6.45) is 1.98. The van der Waals surface area contributed by atoms with Gasteiger partial charge in [0.1, 0.15) is 28.8 Å². The third-order valence-electron chi connectivity index (χ3n) is 2.48. The summed E-state index contributed by atoms with van der Waals surface area (Å²) in [5.41, 5.74) is 0.282. The quantitative estimate of drug-likeness (QED) is 0.628. The lowest BCUT2D eigenvalue weighted by Gasteiger charge is -2.18. The van der Waals surface area contributed by atoms with E-state index >= 15 is 0 Å². The van der Waals surface area contributed by atoms with Gasteiger partial charge in [-0.1, -0.05) is 11.6 Å². The van der Waals surface area contributed by atoms with Crippen LogP contribution in [0.3, 0.4) is 0 Å². The molecule has 5 nitrogen and oxygen atoms in total. The molecule has 0 aromatic carbocycles. The second-order valence-corrected chi connectivity index (χ2v) is 4.25. The van der Waals surface area contributed by atoms with Gasteiger partial charge >= 0.3 is 0 Å². The fraction of sp³-hybridized carbons (Fsp3) is 0.250. The Bertz CT molecular complexity index is 568. The Balaban J connectivity index is 2.26. The van der Waals surface area contributed by atoms with Crippen LogP contribution < -0.4 is 4.90 Å². The van der Waals surface area contributed by atoms with Crippen molar-refractivity contribution in [1.29, 1.82) is 0 Å². The van der Waals surface area contributed by atoms with E-state index in [4.69, 9.17) is 16.0 Å². The highest BCUT2D eigenvalue weighted by Gasteiger charge is 2.14. The van der Waals surface area contributed by atoms with Crippen molar-refractivity contribution < 1.29 is 9.21 Å². The maximum absolute atomic E-state index is 11.0. The third-order valence-corrected chi connectivity index (χ3v) is 2.78. The van der Waals surface area contributed by atoms with E-state index in [2.05, 4.69) is 9.97 Å². The first-order chi connectivity index (χ1) is 8.61. The molecule has 0 unspecified atom stereocenters. The molecule has 0 amide bonds. The van der Waals surface area contributed by atoms with E-state index in [0.717, 1.165) is 11.5 Å². The molecule has 0 radical (unpaired) electrons. The molecule has 0 spiro atoms. The van der Waals surface area contributed by atoms with Crippen molar-refractivity contribution in [1.82, 2.24) is 9.97 Å². The second kappa shape index (κ2) is 5.18. The summed E-state index contributed by atoms with van der Waals surface area (Å²) in [5.74, 6) is 2.12. The van der Waals surface area contributed by atoms with Crippen LogP contribution in [0.25, 0.3) is 0 Å². The molecule has 2 rings (SSSR count). The predicted molar refractivity (Wildman–Crippen MR) is 68.0 cm³/mol. The van der Waals surface area contributed by atoms with Crippen molar-refractivity contribution in [2.45, 2.75) is 13.5 Å². The summed E-state index contributed by atoms with van der Waals surface area (Å²) in [5, 5.41) is 0.150. The highest BCUT2D eigenvalue weighted by Crippen LogP contribution is 2.22. The standard InChI is InChI=1S/C12H12ClN3O2/c1-8-3-4-9(18-8)5-16(2)12-10(6-17)11(13)14-7-15-12/h3-4,6-7H,5H2,1-2H3. The zero-order valence-corrected chi connectivity index (χ0v) is 10.8. The summed E-state index contributed by atoms with van der Waals surface area (Å²) in [6.45, 7) is 2.38. The fourth-order valence-electron chi connectivity index (χ4n) is 1.65. The molecule has 0 saturated heterocycles. The Morgan fingerprint density at radius 3 is 2.83 bits per heavy atom. The number of anilines is 1. The predicted octanol–water partition coefficient (Wildman–Crippen LogP) is 2.48. The third kappa shape index (κ3) is 2.51. The van der Waals surface area contributed by atoms with Gasteiger partial charge in [-0.05, 0) is 19.1 Å². The number of aryl methyl sites for hydroxylation is 1. The number of carbonyl (C=O) groups is 1. The minimum atomic E-state index is 0.150. The number of aromatic nitrogens is 2. The van der Waals surface area contributed by atoms with Gasteiger partial charge in [0.2, 0.25) is 0 Å². The average Bonchev–Trinajstić information content (AvgIpc) is 2.74. The highest BCUT2D eigenvalue weighted by atomic mass is 35.5. The molecule has 0 N–H and O–H groups in total. The van der Waals surface area contributed by atoms with Gasteiger partial charge in [0, 0.05) is 7.05 Å². The number of hydrogen-bond acceptors (Lipinski definition) is 5. The number of nitrogens with zero attached hydrogens (tertiary/aromatic N) is 3. The monoisotopic (exact) mass is 265 g/mol. The molecule has 0 atom stereocenters.